The van der Waals surface area contributed by atoms with E-state index in [4.69, 9.17) is 4.74 Å². The molecular weight excluding hydrogens is 581 g/mol. The highest BCUT2D eigenvalue weighted by Gasteiger charge is 2.23. The van der Waals surface area contributed by atoms with Gasteiger partial charge in [0, 0.05) is 10.9 Å². The third-order valence-corrected chi connectivity index (χ3v) is 10.2. The molecule has 0 atom stereocenters. The van der Waals surface area contributed by atoms with Crippen LogP contribution in [0.3, 0.4) is 0 Å². The Kier molecular flexibility index (Phi) is 5.86. The Labute approximate surface area is 279 Å². The third kappa shape index (κ3) is 3.91. The van der Waals surface area contributed by atoms with E-state index in [1.54, 1.807) is 0 Å². The van der Waals surface area contributed by atoms with Crippen molar-refractivity contribution in [2.45, 2.75) is 6.92 Å². The van der Waals surface area contributed by atoms with Crippen molar-refractivity contribution in [1.29, 1.82) is 0 Å². The molecule has 0 saturated carbocycles. The SMILES string of the molecule is Cc1ccc2c3c(cccc13)-c1ccc(-c3c4ccccc4c(-c4ccc(-c5ccccc5)c5ccccc45)c4ccccc34)cc1O2. The molecule has 1 nitrogen and oxygen atoms in total. The van der Waals surface area contributed by atoms with Crippen molar-refractivity contribution in [2.24, 2.45) is 0 Å². The maximum atomic E-state index is 6.68. The highest BCUT2D eigenvalue weighted by atomic mass is 16.5. The fourth-order valence-corrected chi connectivity index (χ4v) is 8.05. The Bertz CT molecular complexity index is 2700. The lowest BCUT2D eigenvalue weighted by Gasteiger charge is -2.24. The molecule has 0 saturated heterocycles. The molecule has 1 heteroatoms. The van der Waals surface area contributed by atoms with Crippen LogP contribution >= 0.6 is 0 Å². The molecule has 0 unspecified atom stereocenters. The van der Waals surface area contributed by atoms with Crippen LogP contribution in [0.25, 0.3) is 87.6 Å². The molecule has 0 N–H and O–H groups in total. The molecule has 1 aliphatic heterocycles. The van der Waals surface area contributed by atoms with Crippen LogP contribution in [0.15, 0.2) is 164 Å². The second-order valence-electron chi connectivity index (χ2n) is 12.8. The van der Waals surface area contributed by atoms with Crippen LogP contribution in [0.4, 0.5) is 0 Å². The van der Waals surface area contributed by atoms with Crippen LogP contribution in [-0.2, 0) is 0 Å². The van der Waals surface area contributed by atoms with Crippen molar-refractivity contribution in [3.05, 3.63) is 169 Å². The van der Waals surface area contributed by atoms with Crippen LogP contribution in [0, 0.1) is 6.92 Å². The molecule has 0 spiro atoms. The highest BCUT2D eigenvalue weighted by Crippen LogP contribution is 2.51. The molecule has 0 radical (unpaired) electrons. The van der Waals surface area contributed by atoms with Gasteiger partial charge in [-0.25, -0.2) is 0 Å². The van der Waals surface area contributed by atoms with E-state index in [0.717, 1.165) is 22.6 Å². The zero-order chi connectivity index (χ0) is 31.8. The van der Waals surface area contributed by atoms with Crippen molar-refractivity contribution < 1.29 is 4.74 Å². The number of rotatable bonds is 3. The van der Waals surface area contributed by atoms with Gasteiger partial charge in [-0.3, -0.25) is 0 Å². The third-order valence-electron chi connectivity index (χ3n) is 10.2. The zero-order valence-corrected chi connectivity index (χ0v) is 26.5. The fourth-order valence-electron chi connectivity index (χ4n) is 8.05. The van der Waals surface area contributed by atoms with Crippen molar-refractivity contribution in [2.75, 3.05) is 0 Å². The maximum Gasteiger partial charge on any atom is 0.135 e. The van der Waals surface area contributed by atoms with E-state index >= 15 is 0 Å². The number of ether oxygens (including phenoxy) is 1. The van der Waals surface area contributed by atoms with Crippen molar-refractivity contribution >= 4 is 43.1 Å². The van der Waals surface area contributed by atoms with Gasteiger partial charge in [0.2, 0.25) is 0 Å². The summed E-state index contributed by atoms with van der Waals surface area (Å²) < 4.78 is 6.68. The van der Waals surface area contributed by atoms with Gasteiger partial charge in [-0.15, -0.1) is 0 Å². The number of benzene rings is 9. The van der Waals surface area contributed by atoms with E-state index in [2.05, 4.69) is 171 Å². The first-order valence-corrected chi connectivity index (χ1v) is 16.6. The Morgan fingerprint density at radius 3 is 1.60 bits per heavy atom. The van der Waals surface area contributed by atoms with Gasteiger partial charge in [-0.1, -0.05) is 146 Å². The minimum Gasteiger partial charge on any atom is -0.456 e. The lowest BCUT2D eigenvalue weighted by Crippen LogP contribution is -1.98. The van der Waals surface area contributed by atoms with E-state index in [1.807, 2.05) is 0 Å². The molecule has 0 aliphatic carbocycles. The fraction of sp³-hybridized carbons (Fsp3) is 0.0213. The molecule has 48 heavy (non-hydrogen) atoms. The monoisotopic (exact) mass is 610 g/mol. The van der Waals surface area contributed by atoms with E-state index in [0.29, 0.717) is 0 Å². The summed E-state index contributed by atoms with van der Waals surface area (Å²) in [6.07, 6.45) is 0. The molecule has 0 aromatic heterocycles. The average Bonchev–Trinajstić information content (AvgIpc) is 3.15. The van der Waals surface area contributed by atoms with Crippen molar-refractivity contribution in [3.8, 4) is 56.0 Å². The van der Waals surface area contributed by atoms with Gasteiger partial charge in [0.25, 0.3) is 0 Å². The quantitative estimate of drug-likeness (QED) is 0.181. The summed E-state index contributed by atoms with van der Waals surface area (Å²) >= 11 is 0. The Morgan fingerprint density at radius 1 is 0.333 bits per heavy atom. The second-order valence-corrected chi connectivity index (χ2v) is 12.8. The van der Waals surface area contributed by atoms with Gasteiger partial charge in [-0.2, -0.15) is 0 Å². The number of fused-ring (bicyclic) bond motifs is 5. The van der Waals surface area contributed by atoms with E-state index in [1.165, 1.54) is 82.0 Å². The summed E-state index contributed by atoms with van der Waals surface area (Å²) in [4.78, 5) is 0. The molecule has 0 bridgehead atoms. The highest BCUT2D eigenvalue weighted by molar-refractivity contribution is 6.24. The second kappa shape index (κ2) is 10.4. The van der Waals surface area contributed by atoms with Crippen LogP contribution < -0.4 is 4.74 Å². The minimum atomic E-state index is 0.899. The first-order chi connectivity index (χ1) is 23.7. The molecule has 9 aromatic carbocycles. The van der Waals surface area contributed by atoms with Gasteiger partial charge >= 0.3 is 0 Å². The van der Waals surface area contributed by atoms with Gasteiger partial charge in [0.05, 0.1) is 0 Å². The zero-order valence-electron chi connectivity index (χ0n) is 26.5. The topological polar surface area (TPSA) is 9.23 Å². The van der Waals surface area contributed by atoms with E-state index in [-0.39, 0.29) is 0 Å². The lowest BCUT2D eigenvalue weighted by molar-refractivity contribution is 0.487. The molecular formula is C47H30O. The van der Waals surface area contributed by atoms with Gasteiger partial charge in [-0.05, 0) is 107 Å². The molecule has 1 aliphatic rings. The molecule has 1 heterocycles. The van der Waals surface area contributed by atoms with Gasteiger partial charge in [0.1, 0.15) is 11.5 Å². The predicted molar refractivity (Wildman–Crippen MR) is 203 cm³/mol. The number of hydrogen-bond donors (Lipinski definition) is 0. The Hall–Kier alpha value is -6.18. The largest absolute Gasteiger partial charge is 0.456 e. The molecule has 9 aromatic rings. The standard InChI is InChI=1S/C47H30O/c1-29-22-27-43-47-32(29)20-11-21-37(47)36-24-23-31(28-44(36)48-43)45-38-16-7-9-18-40(38)46(41-19-10-8-17-39(41)45)42-26-25-33(30-12-3-2-4-13-30)34-14-5-6-15-35(34)42/h2-28H,1H3. The molecule has 0 amide bonds. The smallest absolute Gasteiger partial charge is 0.135 e. The summed E-state index contributed by atoms with van der Waals surface area (Å²) in [6, 6.07) is 59.6. The summed E-state index contributed by atoms with van der Waals surface area (Å²) in [6.45, 7) is 2.17. The van der Waals surface area contributed by atoms with Crippen molar-refractivity contribution in [1.82, 2.24) is 0 Å². The van der Waals surface area contributed by atoms with Crippen LogP contribution in [0.2, 0.25) is 0 Å². The Balaban J connectivity index is 1.23. The summed E-state index contributed by atoms with van der Waals surface area (Å²) in [5, 5.41) is 9.91. The van der Waals surface area contributed by atoms with Gasteiger partial charge in [0.15, 0.2) is 0 Å². The lowest BCUT2D eigenvalue weighted by atomic mass is 9.83. The predicted octanol–water partition coefficient (Wildman–Crippen LogP) is 13.4. The Morgan fingerprint density at radius 2 is 0.896 bits per heavy atom. The summed E-state index contributed by atoms with van der Waals surface area (Å²) in [5.41, 5.74) is 11.0. The van der Waals surface area contributed by atoms with Crippen LogP contribution in [0.1, 0.15) is 5.56 Å². The van der Waals surface area contributed by atoms with E-state index in [9.17, 15) is 0 Å². The number of hydrogen-bond acceptors (Lipinski definition) is 1. The number of aryl methyl sites for hydroxylation is 1. The summed E-state index contributed by atoms with van der Waals surface area (Å²) in [7, 11) is 0. The normalized spacial score (nSPS) is 12.0. The molecule has 224 valence electrons. The summed E-state index contributed by atoms with van der Waals surface area (Å²) in [5.74, 6) is 1.82. The minimum absolute atomic E-state index is 0.899. The van der Waals surface area contributed by atoms with E-state index < -0.39 is 0 Å². The van der Waals surface area contributed by atoms with Gasteiger partial charge < -0.3 is 4.74 Å². The maximum absolute atomic E-state index is 6.68. The first-order valence-electron chi connectivity index (χ1n) is 16.6. The average molecular weight is 611 g/mol. The van der Waals surface area contributed by atoms with Crippen LogP contribution in [0.5, 0.6) is 11.5 Å². The van der Waals surface area contributed by atoms with Crippen LogP contribution in [-0.4, -0.2) is 0 Å². The molecule has 10 rings (SSSR count). The first kappa shape index (κ1) is 27.0. The van der Waals surface area contributed by atoms with Crippen molar-refractivity contribution in [3.63, 3.8) is 0 Å². The molecule has 0 fully saturated rings.